The van der Waals surface area contributed by atoms with Crippen molar-refractivity contribution in [2.45, 2.75) is 18.2 Å². The number of hydrogen-bond donors (Lipinski definition) is 2. The molecule has 2 aromatic rings. The third-order valence-corrected chi connectivity index (χ3v) is 3.23. The van der Waals surface area contributed by atoms with Crippen molar-refractivity contribution in [3.63, 3.8) is 0 Å². The van der Waals surface area contributed by atoms with Crippen LogP contribution in [0.25, 0.3) is 11.4 Å². The van der Waals surface area contributed by atoms with Crippen LogP contribution in [0.2, 0.25) is 0 Å². The second kappa shape index (κ2) is 5.84. The van der Waals surface area contributed by atoms with Gasteiger partial charge in [0.15, 0.2) is 5.82 Å². The van der Waals surface area contributed by atoms with Crippen LogP contribution in [0.1, 0.15) is 12.7 Å². The van der Waals surface area contributed by atoms with E-state index in [1.165, 1.54) is 4.90 Å². The van der Waals surface area contributed by atoms with Gasteiger partial charge in [0.2, 0.25) is 0 Å². The fourth-order valence-electron chi connectivity index (χ4n) is 1.54. The normalized spacial score (nSPS) is 10.7. The van der Waals surface area contributed by atoms with Gasteiger partial charge in [-0.1, -0.05) is 19.1 Å². The lowest BCUT2D eigenvalue weighted by molar-refractivity contribution is 0.874. The van der Waals surface area contributed by atoms with Gasteiger partial charge in [0, 0.05) is 16.9 Å². The van der Waals surface area contributed by atoms with Crippen molar-refractivity contribution in [1.29, 1.82) is 0 Å². The fourth-order valence-corrected chi connectivity index (χ4v) is 2.20. The Hall–Kier alpha value is -1.33. The zero-order valence-corrected chi connectivity index (χ0v) is 10.6. The highest BCUT2D eigenvalue weighted by Crippen LogP contribution is 2.21. The predicted octanol–water partition coefficient (Wildman–Crippen LogP) is 2.08. The Morgan fingerprint density at radius 3 is 2.71 bits per heavy atom. The Kier molecular flexibility index (Phi) is 4.17. The second-order valence-electron chi connectivity index (χ2n) is 3.60. The molecule has 0 aliphatic rings. The first-order valence-electron chi connectivity index (χ1n) is 5.68. The SMILES string of the molecule is CCSc1ccc(-c2n[nH]c(CCN)n2)cc1. The molecule has 0 spiro atoms. The van der Waals surface area contributed by atoms with E-state index < -0.39 is 0 Å². The number of H-pyrrole nitrogens is 1. The number of rotatable bonds is 5. The average Bonchev–Trinajstić information content (AvgIpc) is 2.80. The lowest BCUT2D eigenvalue weighted by Gasteiger charge is -1.99. The van der Waals surface area contributed by atoms with Gasteiger partial charge in [-0.2, -0.15) is 5.10 Å². The first-order chi connectivity index (χ1) is 8.33. The molecule has 0 atom stereocenters. The summed E-state index contributed by atoms with van der Waals surface area (Å²) in [7, 11) is 0. The van der Waals surface area contributed by atoms with Crippen molar-refractivity contribution in [2.75, 3.05) is 12.3 Å². The van der Waals surface area contributed by atoms with Crippen molar-refractivity contribution in [3.05, 3.63) is 30.1 Å². The van der Waals surface area contributed by atoms with Crippen LogP contribution >= 0.6 is 11.8 Å². The molecule has 0 unspecified atom stereocenters. The summed E-state index contributed by atoms with van der Waals surface area (Å²) < 4.78 is 0. The molecule has 2 rings (SSSR count). The van der Waals surface area contributed by atoms with Gasteiger partial charge in [0.25, 0.3) is 0 Å². The van der Waals surface area contributed by atoms with Crippen molar-refractivity contribution >= 4 is 11.8 Å². The Morgan fingerprint density at radius 2 is 2.06 bits per heavy atom. The summed E-state index contributed by atoms with van der Waals surface area (Å²) in [5, 5.41) is 7.08. The Labute approximate surface area is 105 Å². The number of nitrogens with one attached hydrogen (secondary N) is 1. The highest BCUT2D eigenvalue weighted by molar-refractivity contribution is 7.99. The van der Waals surface area contributed by atoms with Crippen molar-refractivity contribution in [3.8, 4) is 11.4 Å². The molecular weight excluding hydrogens is 232 g/mol. The lowest BCUT2D eigenvalue weighted by atomic mass is 10.2. The molecule has 0 radical (unpaired) electrons. The smallest absolute Gasteiger partial charge is 0.181 e. The number of benzene rings is 1. The van der Waals surface area contributed by atoms with E-state index in [1.807, 2.05) is 23.9 Å². The molecule has 1 heterocycles. The van der Waals surface area contributed by atoms with Gasteiger partial charge in [-0.3, -0.25) is 5.10 Å². The summed E-state index contributed by atoms with van der Waals surface area (Å²) in [6.07, 6.45) is 0.733. The van der Waals surface area contributed by atoms with E-state index in [-0.39, 0.29) is 0 Å². The molecule has 0 amide bonds. The van der Waals surface area contributed by atoms with Crippen LogP contribution in [-0.2, 0) is 6.42 Å². The summed E-state index contributed by atoms with van der Waals surface area (Å²) in [5.74, 6) is 2.66. The number of thioether (sulfide) groups is 1. The summed E-state index contributed by atoms with van der Waals surface area (Å²) in [4.78, 5) is 5.66. The minimum Gasteiger partial charge on any atom is -0.330 e. The third-order valence-electron chi connectivity index (χ3n) is 2.34. The summed E-state index contributed by atoms with van der Waals surface area (Å²) >= 11 is 1.83. The monoisotopic (exact) mass is 248 g/mol. The summed E-state index contributed by atoms with van der Waals surface area (Å²) in [5.41, 5.74) is 6.50. The molecule has 0 saturated heterocycles. The van der Waals surface area contributed by atoms with E-state index in [9.17, 15) is 0 Å². The largest absolute Gasteiger partial charge is 0.330 e. The van der Waals surface area contributed by atoms with E-state index in [1.54, 1.807) is 0 Å². The van der Waals surface area contributed by atoms with E-state index in [0.717, 1.165) is 29.4 Å². The van der Waals surface area contributed by atoms with Crippen LogP contribution in [0.5, 0.6) is 0 Å². The quantitative estimate of drug-likeness (QED) is 0.795. The molecule has 0 saturated carbocycles. The molecule has 90 valence electrons. The summed E-state index contributed by atoms with van der Waals surface area (Å²) in [6, 6.07) is 8.30. The number of aromatic amines is 1. The van der Waals surface area contributed by atoms with Gasteiger partial charge in [-0.15, -0.1) is 11.8 Å². The van der Waals surface area contributed by atoms with E-state index in [4.69, 9.17) is 5.73 Å². The van der Waals surface area contributed by atoms with Crippen molar-refractivity contribution in [2.24, 2.45) is 5.73 Å². The molecule has 17 heavy (non-hydrogen) atoms. The molecule has 3 N–H and O–H groups in total. The molecule has 0 aliphatic heterocycles. The molecular formula is C12H16N4S. The van der Waals surface area contributed by atoms with Crippen LogP contribution in [0.3, 0.4) is 0 Å². The third kappa shape index (κ3) is 3.08. The van der Waals surface area contributed by atoms with Crippen LogP contribution in [0.15, 0.2) is 29.2 Å². The maximum Gasteiger partial charge on any atom is 0.181 e. The number of hydrogen-bond acceptors (Lipinski definition) is 4. The topological polar surface area (TPSA) is 67.6 Å². The zero-order chi connectivity index (χ0) is 12.1. The number of nitrogens with two attached hydrogens (primary N) is 1. The zero-order valence-electron chi connectivity index (χ0n) is 9.81. The minimum atomic E-state index is 0.584. The van der Waals surface area contributed by atoms with Gasteiger partial charge in [-0.25, -0.2) is 4.98 Å². The molecule has 0 aliphatic carbocycles. The van der Waals surface area contributed by atoms with Gasteiger partial charge < -0.3 is 5.73 Å². The maximum atomic E-state index is 5.47. The lowest BCUT2D eigenvalue weighted by Crippen LogP contribution is -2.03. The van der Waals surface area contributed by atoms with Crippen LogP contribution < -0.4 is 5.73 Å². The van der Waals surface area contributed by atoms with Gasteiger partial charge in [0.1, 0.15) is 5.82 Å². The van der Waals surface area contributed by atoms with Crippen molar-refractivity contribution < 1.29 is 0 Å². The van der Waals surface area contributed by atoms with E-state index >= 15 is 0 Å². The Bertz CT molecular complexity index is 464. The average molecular weight is 248 g/mol. The van der Waals surface area contributed by atoms with Crippen LogP contribution in [0, 0.1) is 0 Å². The second-order valence-corrected chi connectivity index (χ2v) is 4.94. The first kappa shape index (κ1) is 12.1. The first-order valence-corrected chi connectivity index (χ1v) is 6.66. The Balaban J connectivity index is 2.15. The van der Waals surface area contributed by atoms with Gasteiger partial charge >= 0.3 is 0 Å². The van der Waals surface area contributed by atoms with Crippen LogP contribution in [-0.4, -0.2) is 27.5 Å². The fraction of sp³-hybridized carbons (Fsp3) is 0.333. The molecule has 5 heteroatoms. The van der Waals surface area contributed by atoms with Crippen LogP contribution in [0.4, 0.5) is 0 Å². The standard InChI is InChI=1S/C12H16N4S/c1-2-17-10-5-3-9(4-6-10)12-14-11(7-8-13)15-16-12/h3-6H,2,7-8,13H2,1H3,(H,14,15,16). The molecule has 4 nitrogen and oxygen atoms in total. The minimum absolute atomic E-state index is 0.584. The summed E-state index contributed by atoms with van der Waals surface area (Å²) in [6.45, 7) is 2.73. The number of nitrogens with zero attached hydrogens (tertiary/aromatic N) is 2. The molecule has 1 aromatic heterocycles. The highest BCUT2D eigenvalue weighted by atomic mass is 32.2. The van der Waals surface area contributed by atoms with Gasteiger partial charge in [0.05, 0.1) is 0 Å². The van der Waals surface area contributed by atoms with E-state index in [2.05, 4.69) is 34.2 Å². The predicted molar refractivity (Wildman–Crippen MR) is 71.0 cm³/mol. The highest BCUT2D eigenvalue weighted by Gasteiger charge is 2.05. The maximum absolute atomic E-state index is 5.47. The molecule has 1 aromatic carbocycles. The molecule has 0 bridgehead atoms. The Morgan fingerprint density at radius 1 is 1.29 bits per heavy atom. The van der Waals surface area contributed by atoms with Crippen molar-refractivity contribution in [1.82, 2.24) is 15.2 Å². The van der Waals surface area contributed by atoms with E-state index in [0.29, 0.717) is 6.54 Å². The van der Waals surface area contributed by atoms with Gasteiger partial charge in [-0.05, 0) is 24.4 Å². The number of aromatic nitrogens is 3. The molecule has 0 fully saturated rings.